The molecule has 0 aliphatic rings. The van der Waals surface area contributed by atoms with Gasteiger partial charge in [-0.2, -0.15) is 4.98 Å². The first-order chi connectivity index (χ1) is 12.7. The fourth-order valence-corrected chi connectivity index (χ4v) is 2.44. The van der Waals surface area contributed by atoms with Gasteiger partial charge < -0.3 is 9.26 Å². The Morgan fingerprint density at radius 3 is 2.69 bits per heavy atom. The number of nitrogens with zero attached hydrogens (tertiary/aromatic N) is 4. The zero-order valence-corrected chi connectivity index (χ0v) is 14.8. The molecule has 1 aromatic carbocycles. The molecule has 0 fully saturated rings. The van der Waals surface area contributed by atoms with E-state index in [2.05, 4.69) is 34.0 Å². The van der Waals surface area contributed by atoms with Gasteiger partial charge in [0.25, 0.3) is 0 Å². The van der Waals surface area contributed by atoms with E-state index in [9.17, 15) is 4.79 Å². The van der Waals surface area contributed by atoms with Gasteiger partial charge in [-0.1, -0.05) is 37.2 Å². The highest BCUT2D eigenvalue weighted by Crippen LogP contribution is 2.28. The Labute approximate surface area is 151 Å². The molecule has 0 aliphatic heterocycles. The van der Waals surface area contributed by atoms with Gasteiger partial charge >= 0.3 is 5.97 Å². The summed E-state index contributed by atoms with van der Waals surface area (Å²) in [6.07, 6.45) is 4.62. The number of rotatable bonds is 7. The molecule has 7 nitrogen and oxygen atoms in total. The molecule has 0 saturated heterocycles. The third-order valence-electron chi connectivity index (χ3n) is 4.06. The zero-order chi connectivity index (χ0) is 18.4. The van der Waals surface area contributed by atoms with E-state index >= 15 is 0 Å². The standard InChI is InChI=1S/C19H20N4O3/c1-3-13(2)14-7-4-5-8-15(14)25-17(24)10-9-16-22-19(23-26-16)18-20-11-6-12-21-18/h4-8,11-13H,3,9-10H2,1-2H3/t13-/m0/s1. The van der Waals surface area contributed by atoms with Crippen molar-refractivity contribution in [2.45, 2.75) is 39.0 Å². The Hall–Kier alpha value is -3.09. The maximum absolute atomic E-state index is 12.2. The molecule has 0 radical (unpaired) electrons. The Morgan fingerprint density at radius 2 is 1.92 bits per heavy atom. The fraction of sp³-hybridized carbons (Fsp3) is 0.316. The fourth-order valence-electron chi connectivity index (χ4n) is 2.44. The third kappa shape index (κ3) is 4.30. The minimum atomic E-state index is -0.337. The lowest BCUT2D eigenvalue weighted by Gasteiger charge is -2.14. The molecule has 1 atom stereocenters. The Morgan fingerprint density at radius 1 is 1.15 bits per heavy atom. The summed E-state index contributed by atoms with van der Waals surface area (Å²) in [5.74, 6) is 1.62. The second-order valence-electron chi connectivity index (χ2n) is 5.91. The van der Waals surface area contributed by atoms with Crippen LogP contribution in [0, 0.1) is 0 Å². The van der Waals surface area contributed by atoms with Gasteiger partial charge in [-0.05, 0) is 30.0 Å². The number of carbonyl (C=O) groups is 1. The van der Waals surface area contributed by atoms with Crippen LogP contribution in [0.4, 0.5) is 0 Å². The van der Waals surface area contributed by atoms with Crippen LogP contribution in [0.25, 0.3) is 11.6 Å². The van der Waals surface area contributed by atoms with Crippen LogP contribution in [-0.4, -0.2) is 26.1 Å². The number of hydrogen-bond donors (Lipinski definition) is 0. The molecule has 134 valence electrons. The first kappa shape index (κ1) is 17.7. The molecule has 26 heavy (non-hydrogen) atoms. The molecule has 0 spiro atoms. The smallest absolute Gasteiger partial charge is 0.311 e. The molecular weight excluding hydrogens is 332 g/mol. The highest BCUT2D eigenvalue weighted by molar-refractivity contribution is 5.73. The SMILES string of the molecule is CC[C@H](C)c1ccccc1OC(=O)CCc1nc(-c2ncccn2)no1. The predicted octanol–water partition coefficient (Wildman–Crippen LogP) is 3.58. The maximum Gasteiger partial charge on any atom is 0.311 e. The number of esters is 1. The Balaban J connectivity index is 1.59. The van der Waals surface area contributed by atoms with E-state index in [1.54, 1.807) is 18.5 Å². The molecule has 0 bridgehead atoms. The van der Waals surface area contributed by atoms with E-state index in [4.69, 9.17) is 9.26 Å². The Kier molecular flexibility index (Phi) is 5.68. The molecule has 0 saturated carbocycles. The van der Waals surface area contributed by atoms with Gasteiger partial charge in [0.1, 0.15) is 5.75 Å². The minimum absolute atomic E-state index is 0.145. The van der Waals surface area contributed by atoms with Crippen LogP contribution in [0.15, 0.2) is 47.2 Å². The summed E-state index contributed by atoms with van der Waals surface area (Å²) in [7, 11) is 0. The highest BCUT2D eigenvalue weighted by atomic mass is 16.5. The number of ether oxygens (including phenoxy) is 1. The topological polar surface area (TPSA) is 91.0 Å². The normalized spacial score (nSPS) is 11.9. The van der Waals surface area contributed by atoms with Crippen LogP contribution in [-0.2, 0) is 11.2 Å². The van der Waals surface area contributed by atoms with E-state index < -0.39 is 0 Å². The molecule has 7 heteroatoms. The van der Waals surface area contributed by atoms with Crippen molar-refractivity contribution in [1.29, 1.82) is 0 Å². The number of benzene rings is 1. The molecule has 3 rings (SSSR count). The van der Waals surface area contributed by atoms with Crippen LogP contribution < -0.4 is 4.74 Å². The number of hydrogen-bond acceptors (Lipinski definition) is 7. The van der Waals surface area contributed by atoms with Gasteiger partial charge in [0, 0.05) is 18.8 Å². The monoisotopic (exact) mass is 352 g/mol. The highest BCUT2D eigenvalue weighted by Gasteiger charge is 2.15. The third-order valence-corrected chi connectivity index (χ3v) is 4.06. The average Bonchev–Trinajstić information content (AvgIpc) is 3.16. The lowest BCUT2D eigenvalue weighted by atomic mass is 9.98. The van der Waals surface area contributed by atoms with Crippen molar-refractivity contribution >= 4 is 5.97 Å². The molecule has 0 aliphatic carbocycles. The van der Waals surface area contributed by atoms with Crippen molar-refractivity contribution in [3.05, 3.63) is 54.2 Å². The first-order valence-corrected chi connectivity index (χ1v) is 8.57. The first-order valence-electron chi connectivity index (χ1n) is 8.57. The summed E-state index contributed by atoms with van der Waals surface area (Å²) in [6.45, 7) is 4.21. The van der Waals surface area contributed by atoms with Gasteiger partial charge in [-0.3, -0.25) is 4.79 Å². The molecule has 3 aromatic rings. The summed E-state index contributed by atoms with van der Waals surface area (Å²) in [4.78, 5) is 24.5. The zero-order valence-electron chi connectivity index (χ0n) is 14.8. The lowest BCUT2D eigenvalue weighted by molar-refractivity contribution is -0.134. The van der Waals surface area contributed by atoms with Crippen LogP contribution in [0.1, 0.15) is 44.1 Å². The number of aromatic nitrogens is 4. The molecule has 2 heterocycles. The van der Waals surface area contributed by atoms with E-state index in [-0.39, 0.29) is 12.4 Å². The summed E-state index contributed by atoms with van der Waals surface area (Å²) in [5.41, 5.74) is 1.03. The van der Waals surface area contributed by atoms with Gasteiger partial charge in [0.2, 0.25) is 17.5 Å². The van der Waals surface area contributed by atoms with Crippen LogP contribution in [0.2, 0.25) is 0 Å². The Bertz CT molecular complexity index is 864. The van der Waals surface area contributed by atoms with Crippen LogP contribution in [0.5, 0.6) is 5.75 Å². The molecular formula is C19H20N4O3. The van der Waals surface area contributed by atoms with Crippen molar-refractivity contribution < 1.29 is 14.1 Å². The summed E-state index contributed by atoms with van der Waals surface area (Å²) < 4.78 is 10.7. The predicted molar refractivity (Wildman–Crippen MR) is 94.4 cm³/mol. The van der Waals surface area contributed by atoms with Crippen molar-refractivity contribution in [2.75, 3.05) is 0 Å². The summed E-state index contributed by atoms with van der Waals surface area (Å²) in [6, 6.07) is 9.32. The van der Waals surface area contributed by atoms with Crippen LogP contribution >= 0.6 is 0 Å². The molecule has 0 N–H and O–H groups in total. The van der Waals surface area contributed by atoms with Crippen molar-refractivity contribution in [3.8, 4) is 17.4 Å². The number of carbonyl (C=O) groups excluding carboxylic acids is 1. The quantitative estimate of drug-likeness (QED) is 0.474. The van der Waals surface area contributed by atoms with Crippen molar-refractivity contribution in [1.82, 2.24) is 20.1 Å². The van der Waals surface area contributed by atoms with Crippen LogP contribution in [0.3, 0.4) is 0 Å². The van der Waals surface area contributed by atoms with Crippen molar-refractivity contribution in [3.63, 3.8) is 0 Å². The van der Waals surface area contributed by atoms with Gasteiger partial charge in [0.05, 0.1) is 6.42 Å². The van der Waals surface area contributed by atoms with E-state index in [1.165, 1.54) is 0 Å². The largest absolute Gasteiger partial charge is 0.426 e. The number of para-hydroxylation sites is 1. The minimum Gasteiger partial charge on any atom is -0.426 e. The molecule has 0 unspecified atom stereocenters. The second kappa shape index (κ2) is 8.33. The van der Waals surface area contributed by atoms with Gasteiger partial charge in [0.15, 0.2) is 0 Å². The number of aryl methyl sites for hydroxylation is 1. The average molecular weight is 352 g/mol. The molecule has 0 amide bonds. The van der Waals surface area contributed by atoms with E-state index in [1.807, 2.05) is 24.3 Å². The second-order valence-corrected chi connectivity index (χ2v) is 5.91. The summed E-state index contributed by atoms with van der Waals surface area (Å²) in [5, 5.41) is 3.83. The van der Waals surface area contributed by atoms with E-state index in [0.717, 1.165) is 12.0 Å². The lowest BCUT2D eigenvalue weighted by Crippen LogP contribution is -2.11. The van der Waals surface area contributed by atoms with Gasteiger partial charge in [-0.25, -0.2) is 9.97 Å². The molecule has 2 aromatic heterocycles. The maximum atomic E-state index is 12.2. The van der Waals surface area contributed by atoms with E-state index in [0.29, 0.717) is 35.6 Å². The van der Waals surface area contributed by atoms with Gasteiger partial charge in [-0.15, -0.1) is 0 Å². The van der Waals surface area contributed by atoms with Crippen molar-refractivity contribution in [2.24, 2.45) is 0 Å². The summed E-state index contributed by atoms with van der Waals surface area (Å²) >= 11 is 0.